The molecule has 1 rings (SSSR count). The third-order valence-corrected chi connectivity index (χ3v) is 3.32. The first-order chi connectivity index (χ1) is 7.63. The Balaban J connectivity index is 2.33. The van der Waals surface area contributed by atoms with Gasteiger partial charge in [0, 0.05) is 17.6 Å². The fourth-order valence-corrected chi connectivity index (χ4v) is 2.06. The van der Waals surface area contributed by atoms with E-state index in [-0.39, 0.29) is 12.1 Å². The quantitative estimate of drug-likeness (QED) is 0.779. The van der Waals surface area contributed by atoms with Gasteiger partial charge in [-0.1, -0.05) is 13.3 Å². The van der Waals surface area contributed by atoms with Crippen LogP contribution in [0.15, 0.2) is 5.38 Å². The lowest BCUT2D eigenvalue weighted by Gasteiger charge is -2.12. The molecule has 5 heteroatoms. The minimum Gasteiger partial charge on any atom is -0.338 e. The van der Waals surface area contributed by atoms with Gasteiger partial charge in [-0.15, -0.1) is 11.3 Å². The van der Waals surface area contributed by atoms with Crippen LogP contribution in [0.2, 0.25) is 0 Å². The second-order valence-corrected chi connectivity index (χ2v) is 4.69. The third kappa shape index (κ3) is 4.18. The molecule has 0 aliphatic heterocycles. The summed E-state index contributed by atoms with van der Waals surface area (Å²) in [5, 5.41) is 8.62. The van der Waals surface area contributed by atoms with Crippen LogP contribution in [-0.4, -0.2) is 17.6 Å². The van der Waals surface area contributed by atoms with Crippen molar-refractivity contribution in [2.45, 2.75) is 39.7 Å². The molecule has 0 spiro atoms. The number of urea groups is 1. The van der Waals surface area contributed by atoms with Crippen LogP contribution in [-0.2, 0) is 0 Å². The molecule has 0 bridgehead atoms. The van der Waals surface area contributed by atoms with E-state index >= 15 is 0 Å². The van der Waals surface area contributed by atoms with E-state index in [1.807, 2.05) is 19.2 Å². The molecule has 0 saturated carbocycles. The first kappa shape index (κ1) is 13.0. The van der Waals surface area contributed by atoms with Gasteiger partial charge in [0.05, 0.1) is 6.04 Å². The van der Waals surface area contributed by atoms with Crippen LogP contribution in [0, 0.1) is 6.92 Å². The average molecular weight is 241 g/mol. The number of carbonyl (C=O) groups excluding carboxylic acids is 1. The molecule has 1 aromatic rings. The summed E-state index contributed by atoms with van der Waals surface area (Å²) in [6, 6.07) is -0.144. The van der Waals surface area contributed by atoms with Gasteiger partial charge in [-0.25, -0.2) is 9.78 Å². The highest BCUT2D eigenvalue weighted by molar-refractivity contribution is 7.09. The molecule has 1 unspecified atom stereocenters. The number of thiazole rings is 1. The molecule has 4 nitrogen and oxygen atoms in total. The van der Waals surface area contributed by atoms with E-state index in [1.54, 1.807) is 11.3 Å². The van der Waals surface area contributed by atoms with E-state index in [9.17, 15) is 4.79 Å². The van der Waals surface area contributed by atoms with Gasteiger partial charge in [-0.3, -0.25) is 0 Å². The lowest BCUT2D eigenvalue weighted by Crippen LogP contribution is -2.37. The largest absolute Gasteiger partial charge is 0.338 e. The van der Waals surface area contributed by atoms with Crippen LogP contribution >= 0.6 is 11.3 Å². The maximum absolute atomic E-state index is 11.5. The number of aromatic nitrogens is 1. The van der Waals surface area contributed by atoms with E-state index in [1.165, 1.54) is 0 Å². The van der Waals surface area contributed by atoms with Gasteiger partial charge in [-0.2, -0.15) is 0 Å². The molecule has 0 aliphatic carbocycles. The number of amides is 2. The lowest BCUT2D eigenvalue weighted by atomic mass is 10.3. The predicted molar refractivity (Wildman–Crippen MR) is 66.7 cm³/mol. The average Bonchev–Trinajstić information content (AvgIpc) is 2.65. The Morgan fingerprint density at radius 2 is 2.38 bits per heavy atom. The monoisotopic (exact) mass is 241 g/mol. The minimum absolute atomic E-state index is 0.0275. The Bertz CT molecular complexity index is 338. The summed E-state index contributed by atoms with van der Waals surface area (Å²) < 4.78 is 0. The van der Waals surface area contributed by atoms with Crippen LogP contribution in [0.5, 0.6) is 0 Å². The molecule has 0 radical (unpaired) electrons. The van der Waals surface area contributed by atoms with E-state index in [2.05, 4.69) is 22.5 Å². The number of carbonyl (C=O) groups is 1. The summed E-state index contributed by atoms with van der Waals surface area (Å²) in [4.78, 5) is 15.8. The highest BCUT2D eigenvalue weighted by atomic mass is 32.1. The number of nitrogens with zero attached hydrogens (tertiary/aromatic N) is 1. The number of aryl methyl sites for hydroxylation is 1. The SMILES string of the molecule is CCCCNC(=O)NC(C)c1nc(C)cs1. The van der Waals surface area contributed by atoms with E-state index in [0.29, 0.717) is 0 Å². The number of hydrogen-bond donors (Lipinski definition) is 2. The van der Waals surface area contributed by atoms with Gasteiger partial charge < -0.3 is 10.6 Å². The minimum atomic E-state index is -0.117. The maximum Gasteiger partial charge on any atom is 0.315 e. The van der Waals surface area contributed by atoms with Crippen molar-refractivity contribution in [1.82, 2.24) is 15.6 Å². The van der Waals surface area contributed by atoms with Crippen molar-refractivity contribution in [2.75, 3.05) is 6.54 Å². The smallest absolute Gasteiger partial charge is 0.315 e. The van der Waals surface area contributed by atoms with Gasteiger partial charge in [0.25, 0.3) is 0 Å². The van der Waals surface area contributed by atoms with Crippen LogP contribution < -0.4 is 10.6 Å². The van der Waals surface area contributed by atoms with Crippen LogP contribution in [0.1, 0.15) is 43.4 Å². The van der Waals surface area contributed by atoms with E-state index in [0.717, 1.165) is 30.1 Å². The molecule has 0 fully saturated rings. The van der Waals surface area contributed by atoms with Crippen molar-refractivity contribution in [3.8, 4) is 0 Å². The van der Waals surface area contributed by atoms with Gasteiger partial charge in [-0.05, 0) is 20.3 Å². The van der Waals surface area contributed by atoms with Crippen LogP contribution in [0.3, 0.4) is 0 Å². The third-order valence-electron chi connectivity index (χ3n) is 2.17. The number of unbranched alkanes of at least 4 members (excludes halogenated alkanes) is 1. The Morgan fingerprint density at radius 1 is 1.62 bits per heavy atom. The van der Waals surface area contributed by atoms with Crippen molar-refractivity contribution in [1.29, 1.82) is 0 Å². The summed E-state index contributed by atoms with van der Waals surface area (Å²) in [7, 11) is 0. The Labute approximate surface area is 100 Å². The molecule has 2 amide bonds. The van der Waals surface area contributed by atoms with Crippen molar-refractivity contribution in [3.63, 3.8) is 0 Å². The standard InChI is InChI=1S/C11H19N3OS/c1-4-5-6-12-11(15)14-9(3)10-13-8(2)7-16-10/h7,9H,4-6H2,1-3H3,(H2,12,14,15). The predicted octanol–water partition coefficient (Wildman–Crippen LogP) is 2.61. The zero-order valence-electron chi connectivity index (χ0n) is 10.0. The number of hydrogen-bond acceptors (Lipinski definition) is 3. The van der Waals surface area contributed by atoms with Gasteiger partial charge in [0.2, 0.25) is 0 Å². The Morgan fingerprint density at radius 3 is 2.94 bits per heavy atom. The highest BCUT2D eigenvalue weighted by Gasteiger charge is 2.11. The Kier molecular flexibility index (Phi) is 5.25. The summed E-state index contributed by atoms with van der Waals surface area (Å²) in [5.41, 5.74) is 1.00. The Hall–Kier alpha value is -1.10. The van der Waals surface area contributed by atoms with Gasteiger partial charge >= 0.3 is 6.03 Å². The molecule has 1 aromatic heterocycles. The number of rotatable bonds is 5. The highest BCUT2D eigenvalue weighted by Crippen LogP contribution is 2.16. The lowest BCUT2D eigenvalue weighted by molar-refractivity contribution is 0.237. The topological polar surface area (TPSA) is 54.0 Å². The summed E-state index contributed by atoms with van der Waals surface area (Å²) in [6.45, 7) is 6.72. The van der Waals surface area contributed by atoms with Crippen molar-refractivity contribution >= 4 is 17.4 Å². The zero-order valence-corrected chi connectivity index (χ0v) is 10.9. The molecule has 90 valence electrons. The molecule has 1 atom stereocenters. The van der Waals surface area contributed by atoms with Crippen LogP contribution in [0.4, 0.5) is 4.79 Å². The zero-order chi connectivity index (χ0) is 12.0. The van der Waals surface area contributed by atoms with Gasteiger partial charge in [0.1, 0.15) is 5.01 Å². The first-order valence-electron chi connectivity index (χ1n) is 5.60. The molecule has 0 aromatic carbocycles. The second-order valence-electron chi connectivity index (χ2n) is 3.80. The molecular formula is C11H19N3OS. The summed E-state index contributed by atoms with van der Waals surface area (Å²) in [5.74, 6) is 0. The number of nitrogens with one attached hydrogen (secondary N) is 2. The van der Waals surface area contributed by atoms with E-state index < -0.39 is 0 Å². The molecule has 2 N–H and O–H groups in total. The fourth-order valence-electron chi connectivity index (χ4n) is 1.26. The second kappa shape index (κ2) is 6.48. The fraction of sp³-hybridized carbons (Fsp3) is 0.636. The first-order valence-corrected chi connectivity index (χ1v) is 6.47. The van der Waals surface area contributed by atoms with Crippen LogP contribution in [0.25, 0.3) is 0 Å². The van der Waals surface area contributed by atoms with Gasteiger partial charge in [0.15, 0.2) is 0 Å². The van der Waals surface area contributed by atoms with Crippen molar-refractivity contribution in [2.24, 2.45) is 0 Å². The van der Waals surface area contributed by atoms with Crippen molar-refractivity contribution in [3.05, 3.63) is 16.1 Å². The molecule has 0 saturated heterocycles. The molecule has 0 aliphatic rings. The van der Waals surface area contributed by atoms with E-state index in [4.69, 9.17) is 0 Å². The normalized spacial score (nSPS) is 12.2. The molecule has 16 heavy (non-hydrogen) atoms. The molecular weight excluding hydrogens is 222 g/mol. The molecule has 1 heterocycles. The summed E-state index contributed by atoms with van der Waals surface area (Å²) in [6.07, 6.45) is 2.10. The van der Waals surface area contributed by atoms with Crippen molar-refractivity contribution < 1.29 is 4.79 Å². The maximum atomic E-state index is 11.5. The summed E-state index contributed by atoms with van der Waals surface area (Å²) >= 11 is 1.57.